The van der Waals surface area contributed by atoms with Crippen molar-refractivity contribution in [3.63, 3.8) is 0 Å². The molecule has 5 N–H and O–H groups in total. The smallest absolute Gasteiger partial charge is 0.271 e. The van der Waals surface area contributed by atoms with Crippen molar-refractivity contribution in [1.29, 1.82) is 0 Å². The zero-order valence-corrected chi connectivity index (χ0v) is 28.4. The number of hydrogen-bond donors (Lipinski definition) is 5. The molecule has 0 radical (unpaired) electrons. The number of phenols is 1. The molecule has 11 heteroatoms. The summed E-state index contributed by atoms with van der Waals surface area (Å²) >= 11 is 0. The second-order valence-corrected chi connectivity index (χ2v) is 12.9. The summed E-state index contributed by atoms with van der Waals surface area (Å²) in [5.41, 5.74) is 5.08. The fourth-order valence-corrected chi connectivity index (χ4v) is 6.42. The lowest BCUT2D eigenvalue weighted by Gasteiger charge is -2.47. The van der Waals surface area contributed by atoms with E-state index in [1.807, 2.05) is 33.9 Å². The van der Waals surface area contributed by atoms with E-state index in [0.29, 0.717) is 54.3 Å². The molecule has 254 valence electrons. The maximum atomic E-state index is 13.1. The summed E-state index contributed by atoms with van der Waals surface area (Å²) in [5, 5.41) is 24.9. The van der Waals surface area contributed by atoms with Crippen molar-refractivity contribution in [2.45, 2.75) is 64.7 Å². The second kappa shape index (κ2) is 15.5. The maximum absolute atomic E-state index is 13.1. The Morgan fingerprint density at radius 2 is 1.66 bits per heavy atom. The highest BCUT2D eigenvalue weighted by Gasteiger charge is 2.49. The van der Waals surface area contributed by atoms with Crippen molar-refractivity contribution in [3.8, 4) is 11.5 Å². The van der Waals surface area contributed by atoms with Crippen LogP contribution in [-0.2, 0) is 21.4 Å². The number of hydrazone groups is 1. The summed E-state index contributed by atoms with van der Waals surface area (Å²) in [7, 11) is 5.04. The van der Waals surface area contributed by atoms with E-state index in [9.17, 15) is 19.5 Å². The third-order valence-electron chi connectivity index (χ3n) is 9.67. The van der Waals surface area contributed by atoms with Crippen LogP contribution in [0.4, 0.5) is 0 Å². The molecule has 0 bridgehead atoms. The van der Waals surface area contributed by atoms with Gasteiger partial charge in [0.2, 0.25) is 5.91 Å². The highest BCUT2D eigenvalue weighted by Crippen LogP contribution is 2.55. The van der Waals surface area contributed by atoms with Gasteiger partial charge in [-0.15, -0.1) is 0 Å². The second-order valence-electron chi connectivity index (χ2n) is 12.9. The summed E-state index contributed by atoms with van der Waals surface area (Å²) in [6.45, 7) is 7.39. The first-order chi connectivity index (χ1) is 22.5. The number of hydrogen-bond acceptors (Lipinski definition) is 8. The molecular formula is C36H49N5O6. The van der Waals surface area contributed by atoms with Crippen LogP contribution in [0.5, 0.6) is 11.5 Å². The van der Waals surface area contributed by atoms with Gasteiger partial charge in [0.25, 0.3) is 11.8 Å². The van der Waals surface area contributed by atoms with E-state index in [2.05, 4.69) is 32.6 Å². The van der Waals surface area contributed by atoms with Gasteiger partial charge in [-0.2, -0.15) is 5.10 Å². The summed E-state index contributed by atoms with van der Waals surface area (Å²) < 4.78 is 11.2. The van der Waals surface area contributed by atoms with E-state index in [1.54, 1.807) is 44.6 Å². The topological polar surface area (TPSA) is 150 Å². The number of aromatic hydroxyl groups is 1. The Bertz CT molecular complexity index is 1520. The quantitative estimate of drug-likeness (QED) is 0.152. The molecule has 0 saturated heterocycles. The largest absolute Gasteiger partial charge is 0.504 e. The Balaban J connectivity index is 1.44. The maximum Gasteiger partial charge on any atom is 0.271 e. The summed E-state index contributed by atoms with van der Waals surface area (Å²) in [4.78, 5) is 38.0. The van der Waals surface area contributed by atoms with E-state index in [4.69, 9.17) is 9.47 Å². The van der Waals surface area contributed by atoms with Gasteiger partial charge in [0, 0.05) is 47.0 Å². The van der Waals surface area contributed by atoms with Gasteiger partial charge in [-0.25, -0.2) is 5.43 Å². The molecule has 2 aromatic rings. The minimum absolute atomic E-state index is 0.0000516. The molecule has 2 aromatic carbocycles. The highest BCUT2D eigenvalue weighted by atomic mass is 16.5. The minimum atomic E-state index is -0.479. The third kappa shape index (κ3) is 7.78. The first kappa shape index (κ1) is 35.5. The van der Waals surface area contributed by atoms with Gasteiger partial charge in [0.1, 0.15) is 11.5 Å². The number of allylic oxidation sites excluding steroid dienone is 2. The van der Waals surface area contributed by atoms with Crippen molar-refractivity contribution in [1.82, 2.24) is 21.4 Å². The molecule has 47 heavy (non-hydrogen) atoms. The van der Waals surface area contributed by atoms with Gasteiger partial charge in [0.05, 0.1) is 14.2 Å². The Hall–Kier alpha value is -4.38. The predicted molar refractivity (Wildman–Crippen MR) is 182 cm³/mol. The highest BCUT2D eigenvalue weighted by molar-refractivity contribution is 6.03. The molecule has 3 amide bonds. The Morgan fingerprint density at radius 1 is 0.979 bits per heavy atom. The van der Waals surface area contributed by atoms with Gasteiger partial charge in [0.15, 0.2) is 11.5 Å². The Labute approximate surface area is 277 Å². The number of phenolic OH excluding ortho intramolecular Hbond substituents is 1. The summed E-state index contributed by atoms with van der Waals surface area (Å²) in [5.74, 6) is 0.585. The number of fused-ring (bicyclic) bond motifs is 3. The van der Waals surface area contributed by atoms with Crippen LogP contribution in [-0.4, -0.2) is 69.4 Å². The van der Waals surface area contributed by atoms with E-state index in [-0.39, 0.29) is 23.5 Å². The number of nitrogens with one attached hydrogen (secondary N) is 4. The number of benzene rings is 2. The van der Waals surface area contributed by atoms with E-state index in [1.165, 1.54) is 0 Å². The fourth-order valence-electron chi connectivity index (χ4n) is 6.42. The van der Waals surface area contributed by atoms with Crippen LogP contribution in [0.15, 0.2) is 53.3 Å². The zero-order chi connectivity index (χ0) is 34.2. The molecule has 0 aliphatic heterocycles. The number of amides is 3. The number of methoxy groups -OCH3 is 2. The molecule has 0 fully saturated rings. The van der Waals surface area contributed by atoms with E-state index >= 15 is 0 Å². The van der Waals surface area contributed by atoms with Crippen molar-refractivity contribution in [3.05, 3.63) is 70.5 Å². The van der Waals surface area contributed by atoms with Crippen LogP contribution in [0.3, 0.4) is 0 Å². The molecule has 0 heterocycles. The zero-order valence-electron chi connectivity index (χ0n) is 28.4. The van der Waals surface area contributed by atoms with E-state index in [0.717, 1.165) is 43.4 Å². The van der Waals surface area contributed by atoms with Gasteiger partial charge < -0.3 is 30.5 Å². The normalized spacial score (nSPS) is 19.6. The van der Waals surface area contributed by atoms with Crippen molar-refractivity contribution < 1.29 is 29.0 Å². The van der Waals surface area contributed by atoms with Crippen LogP contribution in [0.2, 0.25) is 0 Å². The van der Waals surface area contributed by atoms with Crippen LogP contribution in [0.1, 0.15) is 84.7 Å². The number of carbonyl (C=O) groups is 3. The Morgan fingerprint density at radius 3 is 2.30 bits per heavy atom. The first-order valence-corrected chi connectivity index (χ1v) is 16.3. The van der Waals surface area contributed by atoms with Gasteiger partial charge in [-0.05, 0) is 93.6 Å². The monoisotopic (exact) mass is 647 g/mol. The van der Waals surface area contributed by atoms with Gasteiger partial charge in [-0.3, -0.25) is 14.4 Å². The average molecular weight is 648 g/mol. The van der Waals surface area contributed by atoms with Crippen LogP contribution in [0, 0.1) is 11.3 Å². The van der Waals surface area contributed by atoms with Crippen LogP contribution < -0.4 is 26.1 Å². The number of ether oxygens (including phenoxy) is 2. The lowest BCUT2D eigenvalue weighted by molar-refractivity contribution is -0.129. The summed E-state index contributed by atoms with van der Waals surface area (Å²) in [6.07, 6.45) is 6.31. The Kier molecular flexibility index (Phi) is 11.7. The van der Waals surface area contributed by atoms with Crippen LogP contribution >= 0.6 is 0 Å². The van der Waals surface area contributed by atoms with Crippen molar-refractivity contribution in [2.24, 2.45) is 16.4 Å². The molecule has 11 nitrogen and oxygen atoms in total. The standard InChI is InChI=1S/C36H49N5O6/c1-7-35(2,3)34(45)39-19-8-18-38-32(43)24-9-11-25(12-10-24)33(44)41-40-27-22-36(17-20-37-4)26(21-29(27)47-6)15-13-23-14-16-28(46-5)31(42)30(23)36/h9-12,14,16,21,26,37,42H,7-8,13,15,17-20,22H2,1-6H3,(H,38,43)(H,39,45)(H,41,44)/b40-27-/t26-,36-/m0/s1. The van der Waals surface area contributed by atoms with Crippen molar-refractivity contribution >= 4 is 23.4 Å². The summed E-state index contributed by atoms with van der Waals surface area (Å²) in [6, 6.07) is 10.2. The molecule has 2 atom stereocenters. The third-order valence-corrected chi connectivity index (χ3v) is 9.67. The molecule has 2 aliphatic rings. The van der Waals surface area contributed by atoms with Gasteiger partial charge in [-0.1, -0.05) is 26.8 Å². The van der Waals surface area contributed by atoms with Crippen LogP contribution in [0.25, 0.3) is 0 Å². The van der Waals surface area contributed by atoms with E-state index < -0.39 is 16.7 Å². The molecule has 0 saturated carbocycles. The molecule has 0 aromatic heterocycles. The van der Waals surface area contributed by atoms with Gasteiger partial charge >= 0.3 is 0 Å². The number of aryl methyl sites for hydroxylation is 1. The SMILES string of the molecule is CCC(C)(C)C(=O)NCCCNC(=O)c1ccc(C(=O)N/N=C2/C[C@]3(CCNC)c4c(ccc(OC)c4O)CC[C@H]3C=C2OC)cc1. The number of rotatable bonds is 14. The molecule has 2 aliphatic carbocycles. The number of nitrogens with zero attached hydrogens (tertiary/aromatic N) is 1. The molecule has 0 unspecified atom stereocenters. The molecule has 0 spiro atoms. The average Bonchev–Trinajstić information content (AvgIpc) is 3.08. The van der Waals surface area contributed by atoms with Crippen molar-refractivity contribution in [2.75, 3.05) is 40.9 Å². The number of carbonyl (C=O) groups excluding carboxylic acids is 3. The lowest BCUT2D eigenvalue weighted by atomic mass is 9.57. The fraction of sp³-hybridized carbons (Fsp3) is 0.500. The first-order valence-electron chi connectivity index (χ1n) is 16.3. The molecule has 4 rings (SSSR count). The lowest BCUT2D eigenvalue weighted by Crippen LogP contribution is -2.46. The molecular weight excluding hydrogens is 598 g/mol. The predicted octanol–water partition coefficient (Wildman–Crippen LogP) is 4.20. The minimum Gasteiger partial charge on any atom is -0.504 e.